The summed E-state index contributed by atoms with van der Waals surface area (Å²) in [6.45, 7) is 0. The number of rotatable bonds is 3. The molecule has 0 nitrogen and oxygen atoms in total. The molecule has 0 aliphatic rings. The van der Waals surface area contributed by atoms with Gasteiger partial charge in [-0.05, 0) is 100 Å². The lowest BCUT2D eigenvalue weighted by Crippen LogP contribution is -1.93. The molecule has 0 aliphatic carbocycles. The summed E-state index contributed by atoms with van der Waals surface area (Å²) < 4.78 is 5.41. The van der Waals surface area contributed by atoms with E-state index in [1.165, 1.54) is 128 Å². The van der Waals surface area contributed by atoms with Crippen LogP contribution in [0.4, 0.5) is 0 Å². The second-order valence-electron chi connectivity index (χ2n) is 15.5. The molecule has 268 valence electrons. The van der Waals surface area contributed by atoms with E-state index in [0.717, 1.165) is 0 Å². The van der Waals surface area contributed by atoms with Gasteiger partial charge in [0.25, 0.3) is 0 Å². The summed E-state index contributed by atoms with van der Waals surface area (Å²) in [6.07, 6.45) is 0. The van der Waals surface area contributed by atoms with E-state index in [0.29, 0.717) is 0 Å². The van der Waals surface area contributed by atoms with Crippen LogP contribution >= 0.6 is 22.7 Å². The zero-order valence-corrected chi connectivity index (χ0v) is 32.9. The van der Waals surface area contributed by atoms with Crippen molar-refractivity contribution >= 4 is 117 Å². The zero-order valence-electron chi connectivity index (χ0n) is 31.3. The van der Waals surface area contributed by atoms with Crippen LogP contribution in [0.5, 0.6) is 0 Å². The highest BCUT2D eigenvalue weighted by Crippen LogP contribution is 2.49. The smallest absolute Gasteiger partial charge is 0.0440 e. The Labute approximate surface area is 342 Å². The van der Waals surface area contributed by atoms with Crippen molar-refractivity contribution in [1.82, 2.24) is 0 Å². The quantitative estimate of drug-likeness (QED) is 0.157. The molecule has 0 N–H and O–H groups in total. The Bertz CT molecular complexity index is 3800. The van der Waals surface area contributed by atoms with Gasteiger partial charge in [0, 0.05) is 45.7 Å². The van der Waals surface area contributed by atoms with Crippen molar-refractivity contribution in [3.8, 4) is 33.4 Å². The molecule has 13 rings (SSSR count). The van der Waals surface area contributed by atoms with E-state index >= 15 is 0 Å². The van der Waals surface area contributed by atoms with Crippen molar-refractivity contribution in [2.24, 2.45) is 0 Å². The Morgan fingerprint density at radius 3 is 1.55 bits per heavy atom. The number of thiophene rings is 2. The predicted molar refractivity (Wildman–Crippen MR) is 256 cm³/mol. The molecule has 0 saturated heterocycles. The van der Waals surface area contributed by atoms with Crippen LogP contribution in [-0.4, -0.2) is 0 Å². The third kappa shape index (κ3) is 4.56. The first-order valence-electron chi connectivity index (χ1n) is 19.9. The Morgan fingerprint density at radius 2 is 0.810 bits per heavy atom. The molecule has 0 fully saturated rings. The van der Waals surface area contributed by atoms with Crippen LogP contribution in [0, 0.1) is 0 Å². The first-order valence-corrected chi connectivity index (χ1v) is 21.6. The SMILES string of the molecule is c1ccc2c(-c3c4ccccc4c(-c4ccc(-c5ccc6c(c5)sc5ccc7ccc8c9ccccc9sc8c7c56)c5ccccc45)c4ccccc34)cccc2c1. The van der Waals surface area contributed by atoms with Gasteiger partial charge < -0.3 is 0 Å². The topological polar surface area (TPSA) is 0 Å². The molecule has 2 aromatic heterocycles. The third-order valence-electron chi connectivity index (χ3n) is 12.5. The maximum atomic E-state index is 2.43. The van der Waals surface area contributed by atoms with Crippen LogP contribution in [-0.2, 0) is 0 Å². The molecule has 0 saturated carbocycles. The minimum Gasteiger partial charge on any atom is -0.135 e. The van der Waals surface area contributed by atoms with Gasteiger partial charge in [-0.15, -0.1) is 22.7 Å². The highest BCUT2D eigenvalue weighted by Gasteiger charge is 2.21. The van der Waals surface area contributed by atoms with Gasteiger partial charge in [-0.1, -0.05) is 176 Å². The van der Waals surface area contributed by atoms with Gasteiger partial charge in [0.05, 0.1) is 0 Å². The van der Waals surface area contributed by atoms with Crippen molar-refractivity contribution in [2.75, 3.05) is 0 Å². The number of hydrogen-bond donors (Lipinski definition) is 0. The van der Waals surface area contributed by atoms with Crippen LogP contribution < -0.4 is 0 Å². The first kappa shape index (κ1) is 32.3. The largest absolute Gasteiger partial charge is 0.135 e. The van der Waals surface area contributed by atoms with Crippen molar-refractivity contribution in [1.29, 1.82) is 0 Å². The van der Waals surface area contributed by atoms with Crippen molar-refractivity contribution in [2.45, 2.75) is 0 Å². The Morgan fingerprint density at radius 1 is 0.259 bits per heavy atom. The lowest BCUT2D eigenvalue weighted by molar-refractivity contribution is 1.67. The van der Waals surface area contributed by atoms with Gasteiger partial charge in [0.1, 0.15) is 0 Å². The fourth-order valence-corrected chi connectivity index (χ4v) is 12.4. The summed E-state index contributed by atoms with van der Waals surface area (Å²) in [5.74, 6) is 0. The van der Waals surface area contributed by atoms with Crippen LogP contribution in [0.25, 0.3) is 128 Å². The number of hydrogen-bond acceptors (Lipinski definition) is 2. The van der Waals surface area contributed by atoms with Crippen LogP contribution in [0.3, 0.4) is 0 Å². The van der Waals surface area contributed by atoms with Crippen LogP contribution in [0.2, 0.25) is 0 Å². The lowest BCUT2D eigenvalue weighted by Gasteiger charge is -2.20. The molecule has 0 unspecified atom stereocenters. The molecular weight excluding hydrogens is 737 g/mol. The fraction of sp³-hybridized carbons (Fsp3) is 0. The molecule has 0 atom stereocenters. The zero-order chi connectivity index (χ0) is 37.9. The van der Waals surface area contributed by atoms with Crippen LogP contribution in [0.1, 0.15) is 0 Å². The molecule has 13 aromatic rings. The molecule has 0 spiro atoms. The second kappa shape index (κ2) is 12.3. The van der Waals surface area contributed by atoms with Gasteiger partial charge in [-0.25, -0.2) is 0 Å². The Kier molecular flexibility index (Phi) is 6.86. The molecule has 0 radical (unpaired) electrons. The molecule has 2 heterocycles. The van der Waals surface area contributed by atoms with Crippen molar-refractivity contribution in [3.05, 3.63) is 194 Å². The molecular formula is C56H32S2. The van der Waals surface area contributed by atoms with E-state index in [1.54, 1.807) is 0 Å². The van der Waals surface area contributed by atoms with Gasteiger partial charge in [-0.3, -0.25) is 0 Å². The molecule has 2 heteroatoms. The van der Waals surface area contributed by atoms with Crippen LogP contribution in [0.15, 0.2) is 194 Å². The molecule has 0 bridgehead atoms. The average Bonchev–Trinajstić information content (AvgIpc) is 3.86. The summed E-state index contributed by atoms with van der Waals surface area (Å²) in [5.41, 5.74) is 7.63. The van der Waals surface area contributed by atoms with E-state index in [9.17, 15) is 0 Å². The monoisotopic (exact) mass is 768 g/mol. The number of benzene rings is 11. The normalized spacial score (nSPS) is 12.1. The Balaban J connectivity index is 1.03. The summed E-state index contributed by atoms with van der Waals surface area (Å²) in [6, 6.07) is 72.5. The first-order chi connectivity index (χ1) is 28.8. The van der Waals surface area contributed by atoms with Gasteiger partial charge in [0.15, 0.2) is 0 Å². The van der Waals surface area contributed by atoms with Gasteiger partial charge in [0.2, 0.25) is 0 Å². The Hall–Kier alpha value is -6.84. The summed E-state index contributed by atoms with van der Waals surface area (Å²) in [7, 11) is 0. The highest BCUT2D eigenvalue weighted by atomic mass is 32.1. The molecule has 0 amide bonds. The number of fused-ring (bicyclic) bond motifs is 13. The third-order valence-corrected chi connectivity index (χ3v) is 14.8. The molecule has 0 aliphatic heterocycles. The lowest BCUT2D eigenvalue weighted by atomic mass is 9.83. The molecule has 11 aromatic carbocycles. The summed E-state index contributed by atoms with van der Waals surface area (Å²) in [4.78, 5) is 0. The maximum absolute atomic E-state index is 2.43. The van der Waals surface area contributed by atoms with Crippen molar-refractivity contribution < 1.29 is 0 Å². The minimum atomic E-state index is 1.25. The summed E-state index contributed by atoms with van der Waals surface area (Å²) in [5, 5.41) is 18.3. The van der Waals surface area contributed by atoms with Gasteiger partial charge in [-0.2, -0.15) is 0 Å². The summed E-state index contributed by atoms with van der Waals surface area (Å²) >= 11 is 3.84. The fourth-order valence-electron chi connectivity index (χ4n) is 9.95. The molecule has 58 heavy (non-hydrogen) atoms. The standard InChI is InChI=1S/C56H32S2/c1-2-14-36-33(12-1)13-11-22-41(36)53-42-18-5-7-20-44(42)54(45-21-8-6-19-43(45)53)46-30-29-37(38-15-3-4-16-39(38)46)35-25-28-48-51(32-35)57-50-31-26-34-24-27-47-40-17-9-10-23-49(40)58-56(47)52(34)55(48)50/h1-32H. The second-order valence-corrected chi connectivity index (χ2v) is 17.6. The van der Waals surface area contributed by atoms with E-state index in [-0.39, 0.29) is 0 Å². The average molecular weight is 769 g/mol. The minimum absolute atomic E-state index is 1.25. The van der Waals surface area contributed by atoms with E-state index in [4.69, 9.17) is 0 Å². The van der Waals surface area contributed by atoms with Gasteiger partial charge >= 0.3 is 0 Å². The van der Waals surface area contributed by atoms with E-state index in [2.05, 4.69) is 194 Å². The predicted octanol–water partition coefficient (Wildman–Crippen LogP) is 17.2. The maximum Gasteiger partial charge on any atom is 0.0440 e. The highest BCUT2D eigenvalue weighted by molar-refractivity contribution is 7.28. The van der Waals surface area contributed by atoms with E-state index < -0.39 is 0 Å². The van der Waals surface area contributed by atoms with E-state index in [1.807, 2.05) is 22.7 Å². The van der Waals surface area contributed by atoms with Crippen molar-refractivity contribution in [3.63, 3.8) is 0 Å².